The molecule has 0 aliphatic heterocycles. The second-order valence-electron chi connectivity index (χ2n) is 3.51. The number of hydrogen-bond acceptors (Lipinski definition) is 6. The molecular weight excluding hydrogens is 305 g/mol. The third kappa shape index (κ3) is 2.20. The van der Waals surface area contributed by atoms with Gasteiger partial charge in [-0.1, -0.05) is 10.4 Å². The molecule has 0 unspecified atom stereocenters. The summed E-state index contributed by atoms with van der Waals surface area (Å²) in [7, 11) is 0. The maximum atomic E-state index is 13.2. The van der Waals surface area contributed by atoms with E-state index in [1.54, 1.807) is 0 Å². The topological polar surface area (TPSA) is 102 Å². The highest BCUT2D eigenvalue weighted by Crippen LogP contribution is 2.43. The smallest absolute Gasteiger partial charge is 0.243 e. The number of hydrogen-bond donors (Lipinski definition) is 0. The van der Waals surface area contributed by atoms with E-state index in [0.29, 0.717) is 4.68 Å². The predicted molar refractivity (Wildman–Crippen MR) is 50.9 cm³/mol. The number of carbonyl (C=O) groups is 1. The molecular formula is C8H2F5N7O. The highest BCUT2D eigenvalue weighted by Gasteiger charge is 2.62. The van der Waals surface area contributed by atoms with Gasteiger partial charge in [-0.05, 0) is 0 Å². The standard InChI is InChI=1S/C8H2F5N7O/c9-7(10,8(11,12)13)5-4(3-14)20(18-16-5)6(21)19-2-1-15-17-19/h1-2H. The van der Waals surface area contributed by atoms with Gasteiger partial charge in [0.25, 0.3) is 0 Å². The van der Waals surface area contributed by atoms with Crippen LogP contribution >= 0.6 is 0 Å². The average molecular weight is 307 g/mol. The van der Waals surface area contributed by atoms with Crippen LogP contribution in [0.4, 0.5) is 26.7 Å². The molecule has 0 radical (unpaired) electrons. The second kappa shape index (κ2) is 4.58. The minimum absolute atomic E-state index is 0.0241. The lowest BCUT2D eigenvalue weighted by atomic mass is 10.2. The zero-order valence-corrected chi connectivity index (χ0v) is 9.58. The zero-order chi connectivity index (χ0) is 15.8. The Bertz CT molecular complexity index is 710. The van der Waals surface area contributed by atoms with Gasteiger partial charge in [-0.3, -0.25) is 0 Å². The Morgan fingerprint density at radius 3 is 2.38 bits per heavy atom. The van der Waals surface area contributed by atoms with Crippen molar-refractivity contribution in [3.8, 4) is 6.07 Å². The normalized spacial score (nSPS) is 12.2. The molecule has 0 saturated heterocycles. The molecule has 0 aliphatic rings. The van der Waals surface area contributed by atoms with Crippen molar-refractivity contribution in [1.82, 2.24) is 30.0 Å². The van der Waals surface area contributed by atoms with Gasteiger partial charge in [0.05, 0.1) is 12.4 Å². The summed E-state index contributed by atoms with van der Waals surface area (Å²) in [5, 5.41) is 20.6. The van der Waals surface area contributed by atoms with E-state index in [0.717, 1.165) is 18.5 Å². The first-order valence-corrected chi connectivity index (χ1v) is 4.92. The number of nitriles is 1. The lowest BCUT2D eigenvalue weighted by Crippen LogP contribution is -2.35. The first kappa shape index (κ1) is 14.5. The summed E-state index contributed by atoms with van der Waals surface area (Å²) < 4.78 is 63.6. The van der Waals surface area contributed by atoms with E-state index in [4.69, 9.17) is 5.26 Å². The summed E-state index contributed by atoms with van der Waals surface area (Å²) in [4.78, 5) is 11.7. The SMILES string of the molecule is N#Cc1c(C(F)(F)C(F)(F)F)nnn1C(=O)n1ccnn1. The largest absolute Gasteiger partial charge is 0.459 e. The van der Waals surface area contributed by atoms with Crippen molar-refractivity contribution in [2.24, 2.45) is 0 Å². The summed E-state index contributed by atoms with van der Waals surface area (Å²) in [5.74, 6) is -5.43. The molecule has 21 heavy (non-hydrogen) atoms. The maximum Gasteiger partial charge on any atom is 0.459 e. The summed E-state index contributed by atoms with van der Waals surface area (Å²) in [6.07, 6.45) is -3.96. The van der Waals surface area contributed by atoms with E-state index in [2.05, 4.69) is 20.6 Å². The van der Waals surface area contributed by atoms with Crippen LogP contribution in [0, 0.1) is 11.3 Å². The number of alkyl halides is 5. The van der Waals surface area contributed by atoms with E-state index >= 15 is 0 Å². The maximum absolute atomic E-state index is 13.2. The summed E-state index contributed by atoms with van der Waals surface area (Å²) in [5.41, 5.74) is -3.32. The molecule has 0 fully saturated rings. The molecule has 0 N–H and O–H groups in total. The molecule has 0 amide bonds. The Hall–Kier alpha value is -2.91. The van der Waals surface area contributed by atoms with Gasteiger partial charge < -0.3 is 0 Å². The molecule has 8 nitrogen and oxygen atoms in total. The van der Waals surface area contributed by atoms with Crippen molar-refractivity contribution >= 4 is 6.03 Å². The fraction of sp³-hybridized carbons (Fsp3) is 0.250. The number of aromatic nitrogens is 6. The molecule has 0 aliphatic carbocycles. The number of nitrogens with zero attached hydrogens (tertiary/aromatic N) is 7. The van der Waals surface area contributed by atoms with E-state index in [9.17, 15) is 26.7 Å². The Morgan fingerprint density at radius 1 is 1.24 bits per heavy atom. The fourth-order valence-electron chi connectivity index (χ4n) is 1.27. The Balaban J connectivity index is 2.55. The molecule has 0 bridgehead atoms. The van der Waals surface area contributed by atoms with Crippen LogP contribution in [0.1, 0.15) is 11.4 Å². The second-order valence-corrected chi connectivity index (χ2v) is 3.51. The molecule has 2 aromatic heterocycles. The number of carbonyl (C=O) groups excluding carboxylic acids is 1. The van der Waals surface area contributed by atoms with Gasteiger partial charge >= 0.3 is 18.1 Å². The van der Waals surface area contributed by atoms with Crippen molar-refractivity contribution in [3.05, 3.63) is 23.8 Å². The Morgan fingerprint density at radius 2 is 1.90 bits per heavy atom. The van der Waals surface area contributed by atoms with Crippen LogP contribution in [0.5, 0.6) is 0 Å². The van der Waals surface area contributed by atoms with Gasteiger partial charge in [-0.15, -0.1) is 14.9 Å². The number of halogens is 5. The van der Waals surface area contributed by atoms with Crippen molar-refractivity contribution in [1.29, 1.82) is 5.26 Å². The molecule has 2 aromatic rings. The lowest BCUT2D eigenvalue weighted by molar-refractivity contribution is -0.291. The van der Waals surface area contributed by atoms with E-state index in [1.165, 1.54) is 0 Å². The molecule has 2 heterocycles. The third-order valence-corrected chi connectivity index (χ3v) is 2.23. The van der Waals surface area contributed by atoms with Crippen molar-refractivity contribution in [2.45, 2.75) is 12.1 Å². The van der Waals surface area contributed by atoms with E-state index in [-0.39, 0.29) is 4.68 Å². The van der Waals surface area contributed by atoms with Gasteiger partial charge in [0.2, 0.25) is 0 Å². The van der Waals surface area contributed by atoms with E-state index < -0.39 is 29.5 Å². The first-order valence-electron chi connectivity index (χ1n) is 4.92. The van der Waals surface area contributed by atoms with Crippen molar-refractivity contribution in [2.75, 3.05) is 0 Å². The fourth-order valence-corrected chi connectivity index (χ4v) is 1.27. The van der Waals surface area contributed by atoms with E-state index in [1.807, 2.05) is 0 Å². The van der Waals surface area contributed by atoms with Crippen LogP contribution < -0.4 is 0 Å². The zero-order valence-electron chi connectivity index (χ0n) is 9.58. The molecule has 0 atom stereocenters. The summed E-state index contributed by atoms with van der Waals surface area (Å²) in [6.45, 7) is 0. The van der Waals surface area contributed by atoms with Crippen molar-refractivity contribution < 1.29 is 26.7 Å². The molecule has 0 saturated carbocycles. The van der Waals surface area contributed by atoms with Crippen LogP contribution in [-0.2, 0) is 5.92 Å². The first-order chi connectivity index (χ1) is 9.70. The molecule has 110 valence electrons. The van der Waals surface area contributed by atoms with Gasteiger partial charge in [-0.25, -0.2) is 4.79 Å². The highest BCUT2D eigenvalue weighted by molar-refractivity contribution is 5.78. The molecule has 0 spiro atoms. The van der Waals surface area contributed by atoms with Crippen LogP contribution in [0.3, 0.4) is 0 Å². The predicted octanol–water partition coefficient (Wildman–Crippen LogP) is 0.912. The molecule has 0 aromatic carbocycles. The van der Waals surface area contributed by atoms with Crippen LogP contribution in [0.2, 0.25) is 0 Å². The minimum Gasteiger partial charge on any atom is -0.243 e. The third-order valence-electron chi connectivity index (χ3n) is 2.23. The summed E-state index contributed by atoms with van der Waals surface area (Å²) in [6, 6.07) is -0.250. The van der Waals surface area contributed by atoms with Gasteiger partial charge in [0.15, 0.2) is 11.4 Å². The highest BCUT2D eigenvalue weighted by atomic mass is 19.4. The van der Waals surface area contributed by atoms with Gasteiger partial charge in [0.1, 0.15) is 6.07 Å². The number of rotatable bonds is 1. The van der Waals surface area contributed by atoms with Crippen molar-refractivity contribution in [3.63, 3.8) is 0 Å². The van der Waals surface area contributed by atoms with Crippen LogP contribution in [0.25, 0.3) is 0 Å². The molecule has 2 rings (SSSR count). The lowest BCUT2D eigenvalue weighted by Gasteiger charge is -2.16. The van der Waals surface area contributed by atoms with Gasteiger partial charge in [-0.2, -0.15) is 31.9 Å². The average Bonchev–Trinajstić information content (AvgIpc) is 3.05. The Labute approximate surface area is 111 Å². The Kier molecular flexibility index (Phi) is 3.16. The summed E-state index contributed by atoms with van der Waals surface area (Å²) >= 11 is 0. The van der Waals surface area contributed by atoms with Gasteiger partial charge in [0, 0.05) is 0 Å². The quantitative estimate of drug-likeness (QED) is 0.726. The molecule has 13 heteroatoms. The van der Waals surface area contributed by atoms with Crippen LogP contribution in [0.15, 0.2) is 12.4 Å². The monoisotopic (exact) mass is 307 g/mol. The minimum atomic E-state index is -5.99. The van der Waals surface area contributed by atoms with Crippen LogP contribution in [-0.4, -0.2) is 42.2 Å².